The Hall–Kier alpha value is -5.74. The summed E-state index contributed by atoms with van der Waals surface area (Å²) in [5.74, 6) is -7.53. The lowest BCUT2D eigenvalue weighted by Crippen LogP contribution is -2.72. The van der Waals surface area contributed by atoms with Crippen molar-refractivity contribution in [2.24, 2.45) is 11.1 Å². The minimum atomic E-state index is -5.89. The molecule has 0 aromatic heterocycles. The first-order valence-corrected chi connectivity index (χ1v) is 37.0. The fourth-order valence-corrected chi connectivity index (χ4v) is 13.7. The van der Waals surface area contributed by atoms with Crippen LogP contribution in [0.5, 0.6) is 0 Å². The number of allylic oxidation sites excluding steroid dienone is 8. The highest BCUT2D eigenvalue weighted by atomic mass is 31.2. The number of carbonyl (C=O) groups is 7. The van der Waals surface area contributed by atoms with Gasteiger partial charge >= 0.3 is 25.9 Å². The molecule has 0 radical (unpaired) electrons. The highest BCUT2D eigenvalue weighted by Crippen LogP contribution is 2.49. The van der Waals surface area contributed by atoms with Crippen LogP contribution in [0.1, 0.15) is 127 Å². The van der Waals surface area contributed by atoms with Crippen molar-refractivity contribution in [3.05, 3.63) is 59.3 Å². The third kappa shape index (κ3) is 25.6. The molecule has 5 aliphatic heterocycles. The van der Waals surface area contributed by atoms with E-state index in [0.29, 0.717) is 19.8 Å². The largest absolute Gasteiger partial charge is 0.479 e. The summed E-state index contributed by atoms with van der Waals surface area (Å²) in [6.45, 7) is 16.6. The topological polar surface area (TPSA) is 602 Å². The Morgan fingerprint density at radius 1 is 0.706 bits per heavy atom. The van der Waals surface area contributed by atoms with Crippen LogP contribution < -0.4 is 21.7 Å². The molecule has 6 aliphatic rings. The second-order valence-electron chi connectivity index (χ2n) is 29.1. The van der Waals surface area contributed by atoms with Crippen LogP contribution in [0.2, 0.25) is 0 Å². The zero-order chi connectivity index (χ0) is 81.5. The number of primary amides is 1. The van der Waals surface area contributed by atoms with Gasteiger partial charge in [-0.2, -0.15) is 0 Å². The average Bonchev–Trinajstić information content (AvgIpc) is 1.80. The van der Waals surface area contributed by atoms with Crippen LogP contribution in [0.3, 0.4) is 0 Å². The van der Waals surface area contributed by atoms with Crippen LogP contribution in [0.15, 0.2) is 59.3 Å². The molecule has 1 aliphatic carbocycles. The number of aliphatic hydroxyl groups is 11. The number of carbonyl (C=O) groups excluding carboxylic acids is 5. The van der Waals surface area contributed by atoms with Crippen molar-refractivity contribution in [3.63, 3.8) is 0 Å². The fraction of sp³-hybridized carbons (Fsp3) is 0.754. The second kappa shape index (κ2) is 40.8. The van der Waals surface area contributed by atoms with Gasteiger partial charge in [0.25, 0.3) is 5.91 Å². The smallest absolute Gasteiger partial charge is 0.474 e. The van der Waals surface area contributed by atoms with E-state index in [4.69, 9.17) is 66.9 Å². The minimum Gasteiger partial charge on any atom is -0.479 e. The van der Waals surface area contributed by atoms with E-state index in [1.165, 1.54) is 18.1 Å². The quantitative estimate of drug-likeness (QED) is 0.0226. The number of ketones is 1. The fourth-order valence-electron chi connectivity index (χ4n) is 12.9. The molecule has 1 saturated carbocycles. The van der Waals surface area contributed by atoms with E-state index in [1.54, 1.807) is 13.0 Å². The number of Topliss-reactive ketones (excluding diaryl/α,β-unsaturated/α-hetero) is 1. The highest BCUT2D eigenvalue weighted by molar-refractivity contribution is 7.47. The first-order chi connectivity index (χ1) is 50.9. The first-order valence-electron chi connectivity index (χ1n) is 35.5. The summed E-state index contributed by atoms with van der Waals surface area (Å²) in [5, 5.41) is 150. The zero-order valence-corrected chi connectivity index (χ0v) is 63.1. The van der Waals surface area contributed by atoms with E-state index in [9.17, 15) is 109 Å². The lowest BCUT2D eigenvalue weighted by atomic mass is 9.85. The van der Waals surface area contributed by atoms with Gasteiger partial charge in [0.15, 0.2) is 67.8 Å². The van der Waals surface area contributed by atoms with Crippen molar-refractivity contribution in [1.29, 1.82) is 0 Å². The molecule has 29 atom stereocenters. The van der Waals surface area contributed by atoms with Gasteiger partial charge in [0.2, 0.25) is 11.8 Å². The number of aliphatic hydroxyl groups excluding tert-OH is 10. The van der Waals surface area contributed by atoms with E-state index in [-0.39, 0.29) is 24.9 Å². The van der Waals surface area contributed by atoms with E-state index in [0.717, 1.165) is 57.1 Å². The Labute approximate surface area is 628 Å². The van der Waals surface area contributed by atoms with Gasteiger partial charge in [-0.3, -0.25) is 28.2 Å². The molecule has 3 unspecified atom stereocenters. The summed E-state index contributed by atoms with van der Waals surface area (Å²) in [4.78, 5) is 102. The molecule has 620 valence electrons. The van der Waals surface area contributed by atoms with Crippen molar-refractivity contribution >= 4 is 49.4 Å². The maximum atomic E-state index is 14.1. The molecule has 0 aromatic rings. The molecule has 39 nitrogen and oxygen atoms in total. The number of amides is 4. The zero-order valence-electron chi connectivity index (χ0n) is 62.2. The second-order valence-corrected chi connectivity index (χ2v) is 30.5. The van der Waals surface area contributed by atoms with Gasteiger partial charge in [-0.25, -0.2) is 18.9 Å². The number of nitrogens with one attached hydrogen (secondary N) is 3. The lowest BCUT2D eigenvalue weighted by Gasteiger charge is -2.51. The Bertz CT molecular complexity index is 3280. The van der Waals surface area contributed by atoms with E-state index in [1.807, 2.05) is 6.08 Å². The standard InChI is InChI=1S/C69H109N4O35P/c1-30(2)15-14-17-31(3)18-19-33(5)22-25-68(9,10)24-13-12-16-32(4)23-26-96-41(60(88)89)29-98-109(94,95)108-66-56(57(107-67(70)92)69(11,93)58(106-66)61(90)91)105-63-44(72-36(8)76)47(81)54(40(101-63)28-97-64-51(85)48(82)45(79)39(27-74)100-64)103-62-43(71-35(7)75)46(80)53(34(6)99-62)102-65-52(86)49(83)50(84)55(104-65)59(87)73-42-37(77)20-21-38(42)78/h13,15,18,23-24,34,37,39-58,62-66,74,77,79-86,93H,5,12,14,16-17,19-22,25-29H2,1-4,6-11H3,(H2,70,92)(H,71,75)(H,72,76)(H,73,87)(H,88,89)(H,90,91)(H,94,95)/b24-13+,31-18+,32-23+/t34-,37?,39-,40-,41-,42?,43-,44-,45-,46-,47-,48+,49+,50-,51-,52-,53-,54-,55+,56-,57-,58-,62+,63+,64-,65-,66-,69+/m1/s1. The first kappa shape index (κ1) is 92.1. The Kier molecular flexibility index (Phi) is 34.5. The van der Waals surface area contributed by atoms with Gasteiger partial charge in [0, 0.05) is 20.3 Å². The molecule has 19 N–H and O–H groups in total. The van der Waals surface area contributed by atoms with Gasteiger partial charge in [0.05, 0.1) is 38.6 Å². The lowest BCUT2D eigenvalue weighted by molar-refractivity contribution is -0.375. The molecule has 5 heterocycles. The van der Waals surface area contributed by atoms with Gasteiger partial charge < -0.3 is 145 Å². The number of phosphoric acid groups is 1. The summed E-state index contributed by atoms with van der Waals surface area (Å²) >= 11 is 0. The monoisotopic (exact) mass is 1580 g/mol. The molecule has 0 spiro atoms. The SMILES string of the molecule is C=C(C/C=C(\C)CCC=C(C)C)CCC(C)(C)/C=C/CC/C(C)=C/CO[C@H](COP(=O)(O)O[C@H]1O[C@H](C(=O)O)[C@@](C)(O)[C@H](OC(N)=O)[C@H]1O[C@@H]1O[C@H](CO[C@@H]2O[C@H](CO)[C@@H](O)[C@H](O)[C@H]2O)[C@@H](O[C@@H]2O[C@H](C)[C@@H](O[C@@H]3O[C@H](C(=O)NC4C(=O)CCC4O)[C@H](O)[C@H](O)[C@H]3O)[C@H](O)[C@H]2NC(C)=O)[C@H](O)[C@H]1NC(C)=O)C(=O)O. The van der Waals surface area contributed by atoms with E-state index >= 15 is 0 Å². The summed E-state index contributed by atoms with van der Waals surface area (Å²) < 4.78 is 88.5. The van der Waals surface area contributed by atoms with Crippen LogP contribution in [-0.2, 0) is 94.5 Å². The normalized spacial score (nSPS) is 37.0. The summed E-state index contributed by atoms with van der Waals surface area (Å²) in [6.07, 6.45) is -37.1. The summed E-state index contributed by atoms with van der Waals surface area (Å²) in [7, 11) is -5.89. The van der Waals surface area contributed by atoms with Gasteiger partial charge in [-0.15, -0.1) is 0 Å². The number of rotatable bonds is 37. The van der Waals surface area contributed by atoms with E-state index < -0.39 is 240 Å². The maximum Gasteiger partial charge on any atom is 0.474 e. The van der Waals surface area contributed by atoms with Crippen molar-refractivity contribution in [2.45, 2.75) is 298 Å². The Balaban J connectivity index is 1.24. The predicted molar refractivity (Wildman–Crippen MR) is 370 cm³/mol. The number of hydrogen-bond acceptors (Lipinski definition) is 32. The van der Waals surface area contributed by atoms with Crippen LogP contribution in [-0.4, -0.2) is 310 Å². The number of aliphatic carboxylic acids is 2. The van der Waals surface area contributed by atoms with Gasteiger partial charge in [-0.1, -0.05) is 73.1 Å². The van der Waals surface area contributed by atoms with Gasteiger partial charge in [0.1, 0.15) is 97.0 Å². The number of carboxylic acids is 2. The van der Waals surface area contributed by atoms with Crippen molar-refractivity contribution in [1.82, 2.24) is 16.0 Å². The minimum absolute atomic E-state index is 0.0107. The molecular formula is C69H109N4O35P. The summed E-state index contributed by atoms with van der Waals surface area (Å²) in [6, 6.07) is -5.46. The highest BCUT2D eigenvalue weighted by Gasteiger charge is 2.63. The van der Waals surface area contributed by atoms with E-state index in [2.05, 4.69) is 75.4 Å². The number of ether oxygens (including phenoxy) is 11. The molecule has 40 heteroatoms. The molecule has 6 fully saturated rings. The molecule has 5 saturated heterocycles. The molecule has 109 heavy (non-hydrogen) atoms. The molecule has 0 bridgehead atoms. The molecule has 4 amide bonds. The van der Waals surface area contributed by atoms with Crippen LogP contribution in [0, 0.1) is 5.41 Å². The van der Waals surface area contributed by atoms with Crippen molar-refractivity contribution < 1.29 is 171 Å². The number of carboxylic acid groups (broad SMARTS) is 2. The average molecular weight is 1590 g/mol. The number of phosphoric ester groups is 1. The Morgan fingerprint density at radius 2 is 1.28 bits per heavy atom. The molecule has 0 aromatic carbocycles. The van der Waals surface area contributed by atoms with Crippen molar-refractivity contribution in [3.8, 4) is 0 Å². The predicted octanol–water partition coefficient (Wildman–Crippen LogP) is -2.47. The van der Waals surface area contributed by atoms with Gasteiger partial charge in [-0.05, 0) is 98.3 Å². The third-order valence-electron chi connectivity index (χ3n) is 19.2. The van der Waals surface area contributed by atoms with Crippen molar-refractivity contribution in [2.75, 3.05) is 26.4 Å². The van der Waals surface area contributed by atoms with Crippen LogP contribution in [0.4, 0.5) is 4.79 Å². The molecule has 6 rings (SSSR count). The number of nitrogens with two attached hydrogens (primary N) is 1. The summed E-state index contributed by atoms with van der Waals surface area (Å²) in [5.41, 5.74) is 6.74. The third-order valence-corrected chi connectivity index (χ3v) is 20.1. The molecular weight excluding hydrogens is 1480 g/mol. The van der Waals surface area contributed by atoms with Crippen LogP contribution in [0.25, 0.3) is 0 Å². The number of hydrogen-bond donors (Lipinski definition) is 18. The maximum absolute atomic E-state index is 14.1. The van der Waals surface area contributed by atoms with Crippen LogP contribution >= 0.6 is 7.82 Å². The Morgan fingerprint density at radius 3 is 1.87 bits per heavy atom.